The molecule has 3 aromatic carbocycles. The van der Waals surface area contributed by atoms with Crippen molar-refractivity contribution in [3.8, 4) is 5.75 Å². The number of ether oxygens (including phenoxy) is 1. The number of nitrogens with zero attached hydrogens (tertiary/aromatic N) is 1. The molecule has 7 rings (SSSR count). The maximum absolute atomic E-state index is 14.1. The highest BCUT2D eigenvalue weighted by Gasteiger charge is 2.67. The second-order valence-corrected chi connectivity index (χ2v) is 10.3. The molecule has 0 spiro atoms. The molecule has 0 saturated carbocycles. The highest BCUT2D eigenvalue weighted by molar-refractivity contribution is 9.09. The molecule has 1 saturated heterocycles. The van der Waals surface area contributed by atoms with E-state index in [0.717, 1.165) is 22.3 Å². The van der Waals surface area contributed by atoms with Gasteiger partial charge in [-0.3, -0.25) is 14.4 Å². The van der Waals surface area contributed by atoms with Crippen LogP contribution in [0.2, 0.25) is 0 Å². The lowest BCUT2D eigenvalue weighted by molar-refractivity contribution is -0.122. The molecule has 1 fully saturated rings. The van der Waals surface area contributed by atoms with Crippen molar-refractivity contribution in [2.45, 2.75) is 24.1 Å². The third-order valence-corrected chi connectivity index (χ3v) is 8.77. The molecular weight excluding hydrogens is 494 g/mol. The van der Waals surface area contributed by atoms with E-state index in [0.29, 0.717) is 23.6 Å². The summed E-state index contributed by atoms with van der Waals surface area (Å²) in [4.78, 5) is 41.6. The van der Waals surface area contributed by atoms with Crippen LogP contribution in [0.4, 0.5) is 5.69 Å². The minimum Gasteiger partial charge on any atom is -0.492 e. The van der Waals surface area contributed by atoms with E-state index in [4.69, 9.17) is 4.74 Å². The summed E-state index contributed by atoms with van der Waals surface area (Å²) in [5.41, 5.74) is 4.98. The summed E-state index contributed by atoms with van der Waals surface area (Å²) in [6.45, 7) is 3.68. The minimum absolute atomic E-state index is 0.141. The average Bonchev–Trinajstić information content (AvgIpc) is 3.11. The van der Waals surface area contributed by atoms with E-state index in [1.807, 2.05) is 43.3 Å². The number of hydrogen-bond donors (Lipinski definition) is 0. The van der Waals surface area contributed by atoms with Crippen LogP contribution in [0.1, 0.15) is 52.4 Å². The molecule has 6 heteroatoms. The van der Waals surface area contributed by atoms with Gasteiger partial charge in [-0.15, -0.1) is 0 Å². The lowest BCUT2D eigenvalue weighted by atomic mass is 9.55. The van der Waals surface area contributed by atoms with Crippen molar-refractivity contribution in [2.24, 2.45) is 11.8 Å². The molecule has 5 nitrogen and oxygen atoms in total. The van der Waals surface area contributed by atoms with Crippen molar-refractivity contribution in [1.82, 2.24) is 0 Å². The third kappa shape index (κ3) is 2.57. The van der Waals surface area contributed by atoms with Crippen molar-refractivity contribution < 1.29 is 19.1 Å². The first-order valence-corrected chi connectivity index (χ1v) is 12.2. The number of halogens is 1. The van der Waals surface area contributed by atoms with Crippen molar-refractivity contribution >= 4 is 39.2 Å². The van der Waals surface area contributed by atoms with Gasteiger partial charge in [0.15, 0.2) is 5.78 Å². The van der Waals surface area contributed by atoms with Gasteiger partial charge >= 0.3 is 0 Å². The Balaban J connectivity index is 1.58. The van der Waals surface area contributed by atoms with E-state index < -0.39 is 16.2 Å². The monoisotopic (exact) mass is 515 g/mol. The summed E-state index contributed by atoms with van der Waals surface area (Å²) in [5, 5.41) is 0. The number of carbonyl (C=O) groups is 3. The lowest BCUT2D eigenvalue weighted by Gasteiger charge is -2.51. The van der Waals surface area contributed by atoms with E-state index >= 15 is 0 Å². The van der Waals surface area contributed by atoms with Crippen LogP contribution < -0.4 is 9.64 Å². The summed E-state index contributed by atoms with van der Waals surface area (Å²) in [6, 6.07) is 21.1. The molecule has 2 atom stereocenters. The fourth-order valence-electron chi connectivity index (χ4n) is 6.11. The number of rotatable bonds is 4. The minimum atomic E-state index is -0.814. The molecule has 3 aromatic rings. The van der Waals surface area contributed by atoms with E-state index in [1.165, 1.54) is 11.8 Å². The number of amides is 2. The average molecular weight is 516 g/mol. The smallest absolute Gasteiger partial charge is 0.239 e. The number of imide groups is 1. The van der Waals surface area contributed by atoms with Crippen LogP contribution in [0, 0.1) is 11.8 Å². The highest BCUT2D eigenvalue weighted by Crippen LogP contribution is 2.66. The summed E-state index contributed by atoms with van der Waals surface area (Å²) in [5.74, 6) is -1.63. The number of Topliss-reactive ketones (excluding diaryl/α,β-unsaturated/α-hetero) is 1. The van der Waals surface area contributed by atoms with Gasteiger partial charge in [0.25, 0.3) is 0 Å². The quantitative estimate of drug-likeness (QED) is 0.272. The Labute approximate surface area is 205 Å². The maximum atomic E-state index is 14.1. The summed E-state index contributed by atoms with van der Waals surface area (Å²) >= 11 is 4.01. The standard InChI is InChI=1S/C28H22BrNO4/c1-3-34-22-13-12-16(15(2)31)14-21(22)30-26(32)24-23-17-8-4-6-10-19(17)28(29,25(24)27(30)33)20-11-7-5-9-18(20)23/h4-14,23-25H,3H2,1-2H3/t23?,24-,25+,28?/m0/s1. The topological polar surface area (TPSA) is 63.7 Å². The van der Waals surface area contributed by atoms with Gasteiger partial charge in [-0.2, -0.15) is 0 Å². The Morgan fingerprint density at radius 2 is 1.59 bits per heavy atom. The number of hydrogen-bond acceptors (Lipinski definition) is 4. The fraction of sp³-hybridized carbons (Fsp3) is 0.250. The zero-order valence-electron chi connectivity index (χ0n) is 18.7. The Bertz CT molecular complexity index is 1350. The van der Waals surface area contributed by atoms with Crippen LogP contribution in [0.3, 0.4) is 0 Å². The van der Waals surface area contributed by atoms with Gasteiger partial charge in [0.1, 0.15) is 5.75 Å². The molecule has 2 amide bonds. The molecule has 0 unspecified atom stereocenters. The molecule has 2 bridgehead atoms. The van der Waals surface area contributed by atoms with Crippen LogP contribution in [0.15, 0.2) is 66.7 Å². The Hall–Kier alpha value is -3.25. The normalized spacial score (nSPS) is 26.2. The van der Waals surface area contributed by atoms with Crippen LogP contribution in [-0.2, 0) is 13.9 Å². The maximum Gasteiger partial charge on any atom is 0.239 e. The molecule has 0 aromatic heterocycles. The molecule has 4 aliphatic rings. The first-order valence-electron chi connectivity index (χ1n) is 11.4. The molecule has 170 valence electrons. The number of benzene rings is 3. The molecular formula is C28H22BrNO4. The first-order chi connectivity index (χ1) is 16.4. The zero-order valence-corrected chi connectivity index (χ0v) is 20.3. The van der Waals surface area contributed by atoms with Crippen molar-refractivity contribution in [3.05, 3.63) is 94.5 Å². The highest BCUT2D eigenvalue weighted by atomic mass is 79.9. The molecule has 0 N–H and O–H groups in total. The van der Waals surface area contributed by atoms with Crippen molar-refractivity contribution in [2.75, 3.05) is 11.5 Å². The lowest BCUT2D eigenvalue weighted by Crippen LogP contribution is -2.50. The fourth-order valence-corrected chi connectivity index (χ4v) is 7.31. The molecule has 0 radical (unpaired) electrons. The molecule has 3 aliphatic carbocycles. The second-order valence-electron chi connectivity index (χ2n) is 9.05. The Morgan fingerprint density at radius 1 is 0.971 bits per heavy atom. The van der Waals surface area contributed by atoms with Crippen molar-refractivity contribution in [3.63, 3.8) is 0 Å². The largest absolute Gasteiger partial charge is 0.492 e. The van der Waals surface area contributed by atoms with Crippen LogP contribution in [0.5, 0.6) is 5.75 Å². The molecule has 34 heavy (non-hydrogen) atoms. The molecule has 1 heterocycles. The summed E-state index contributed by atoms with van der Waals surface area (Å²) in [6.07, 6.45) is 0. The van der Waals surface area contributed by atoms with Gasteiger partial charge in [0.05, 0.1) is 28.5 Å². The predicted molar refractivity (Wildman–Crippen MR) is 132 cm³/mol. The summed E-state index contributed by atoms with van der Waals surface area (Å²) < 4.78 is 4.97. The van der Waals surface area contributed by atoms with E-state index in [9.17, 15) is 14.4 Å². The first kappa shape index (κ1) is 21.3. The van der Waals surface area contributed by atoms with Gasteiger partial charge in [-0.05, 0) is 54.3 Å². The number of ketones is 1. The Morgan fingerprint density at radius 3 is 2.18 bits per heavy atom. The van der Waals surface area contributed by atoms with Crippen molar-refractivity contribution in [1.29, 1.82) is 0 Å². The van der Waals surface area contributed by atoms with Crippen LogP contribution in [-0.4, -0.2) is 24.2 Å². The number of carbonyl (C=O) groups excluding carboxylic acids is 3. The van der Waals surface area contributed by atoms with Gasteiger partial charge in [0, 0.05) is 11.5 Å². The number of alkyl halides is 1. The van der Waals surface area contributed by atoms with E-state index in [-0.39, 0.29) is 23.5 Å². The van der Waals surface area contributed by atoms with Crippen LogP contribution >= 0.6 is 15.9 Å². The Kier molecular flexibility index (Phi) is 4.62. The van der Waals surface area contributed by atoms with Gasteiger partial charge in [0.2, 0.25) is 11.8 Å². The van der Waals surface area contributed by atoms with Gasteiger partial charge < -0.3 is 4.74 Å². The van der Waals surface area contributed by atoms with Gasteiger partial charge in [-0.1, -0.05) is 64.5 Å². The van der Waals surface area contributed by atoms with E-state index in [2.05, 4.69) is 28.1 Å². The number of anilines is 1. The summed E-state index contributed by atoms with van der Waals surface area (Å²) in [7, 11) is 0. The zero-order chi connectivity index (χ0) is 23.8. The third-order valence-electron chi connectivity index (χ3n) is 7.42. The predicted octanol–water partition coefficient (Wildman–Crippen LogP) is 5.19. The van der Waals surface area contributed by atoms with E-state index in [1.54, 1.807) is 18.2 Å². The molecule has 1 aliphatic heterocycles. The second kappa shape index (κ2) is 7.37. The van der Waals surface area contributed by atoms with Gasteiger partial charge in [-0.25, -0.2) is 4.90 Å². The van der Waals surface area contributed by atoms with Crippen LogP contribution in [0.25, 0.3) is 0 Å². The SMILES string of the molecule is CCOc1ccc(C(C)=O)cc1N1C(=O)[C@H]2C3c4ccccc4C(Br)(c4ccccc43)[C@H]2C1=O.